The molecule has 0 heterocycles. The van der Waals surface area contributed by atoms with Gasteiger partial charge in [0.05, 0.1) is 0 Å². The fraction of sp³-hybridized carbons (Fsp3) is 0.526. The zero-order valence-electron chi connectivity index (χ0n) is 15.9. The fourth-order valence-electron chi connectivity index (χ4n) is 4.00. The molecule has 1 aromatic rings. The van der Waals surface area contributed by atoms with Crippen LogP contribution >= 0.6 is 0 Å². The zero-order valence-corrected chi connectivity index (χ0v) is 17.9. The second kappa shape index (κ2) is 7.37. The predicted octanol–water partition coefficient (Wildman–Crippen LogP) is 5.04. The van der Waals surface area contributed by atoms with E-state index >= 15 is 0 Å². The van der Waals surface area contributed by atoms with Gasteiger partial charge < -0.3 is 8.97 Å². The zero-order chi connectivity index (χ0) is 18.0. The molecule has 5 heteroatoms. The molecule has 132 valence electrons. The summed E-state index contributed by atoms with van der Waals surface area (Å²) in [5.74, 6) is 0.434. The molecule has 1 aliphatic carbocycles. The smallest absolute Gasteiger partial charge is 0.339 e. The van der Waals surface area contributed by atoms with Crippen LogP contribution in [0.1, 0.15) is 19.3 Å². The van der Waals surface area contributed by atoms with Gasteiger partial charge in [0.15, 0.2) is 0 Å². The average molecular weight is 362 g/mol. The van der Waals surface area contributed by atoms with E-state index < -0.39 is 16.5 Å². The van der Waals surface area contributed by atoms with Crippen LogP contribution in [0, 0.1) is 0 Å². The monoisotopic (exact) mass is 361 g/mol. The third-order valence-corrected chi connectivity index (χ3v) is 12.1. The molecule has 1 unspecified atom stereocenters. The van der Waals surface area contributed by atoms with Gasteiger partial charge in [-0.05, 0) is 31.4 Å². The molecule has 0 saturated heterocycles. The third kappa shape index (κ3) is 4.91. The van der Waals surface area contributed by atoms with Gasteiger partial charge in [-0.1, -0.05) is 63.6 Å². The van der Waals surface area contributed by atoms with Gasteiger partial charge in [-0.3, -0.25) is 0 Å². The Kier molecular flexibility index (Phi) is 5.88. The van der Waals surface area contributed by atoms with Crippen molar-refractivity contribution in [2.75, 3.05) is 0 Å². The van der Waals surface area contributed by atoms with Crippen LogP contribution in [0.4, 0.5) is 0 Å². The lowest BCUT2D eigenvalue weighted by atomic mass is 9.96. The highest BCUT2D eigenvalue weighted by molar-refractivity contribution is 6.89. The van der Waals surface area contributed by atoms with Gasteiger partial charge in [0.1, 0.15) is 22.2 Å². The SMILES string of the molecule is C[Si](C)(C)N(C1CC=C(C(=O)Oc2ccccc2)CC1)[Si](C)(C)C. The molecule has 2 rings (SSSR count). The second-order valence-corrected chi connectivity index (χ2v) is 18.7. The van der Waals surface area contributed by atoms with Crippen molar-refractivity contribution in [2.45, 2.75) is 64.6 Å². The summed E-state index contributed by atoms with van der Waals surface area (Å²) in [6, 6.07) is 9.91. The molecular formula is C19H31NO2Si2. The number of hydrogen-bond donors (Lipinski definition) is 0. The van der Waals surface area contributed by atoms with E-state index in [0.717, 1.165) is 24.8 Å². The van der Waals surface area contributed by atoms with E-state index in [-0.39, 0.29) is 5.97 Å². The Morgan fingerprint density at radius 1 is 1.04 bits per heavy atom. The highest BCUT2D eigenvalue weighted by atomic mass is 28.4. The Morgan fingerprint density at radius 3 is 2.08 bits per heavy atom. The molecule has 0 N–H and O–H groups in total. The van der Waals surface area contributed by atoms with Crippen molar-refractivity contribution in [1.82, 2.24) is 4.23 Å². The lowest BCUT2D eigenvalue weighted by Crippen LogP contribution is -2.63. The number of carbonyl (C=O) groups is 1. The van der Waals surface area contributed by atoms with Crippen LogP contribution < -0.4 is 4.74 Å². The van der Waals surface area contributed by atoms with Crippen LogP contribution in [-0.4, -0.2) is 32.7 Å². The van der Waals surface area contributed by atoms with Crippen molar-refractivity contribution in [1.29, 1.82) is 0 Å². The topological polar surface area (TPSA) is 29.5 Å². The van der Waals surface area contributed by atoms with Crippen LogP contribution in [0.2, 0.25) is 39.3 Å². The number of rotatable bonds is 5. The van der Waals surface area contributed by atoms with Gasteiger partial charge in [-0.2, -0.15) is 0 Å². The van der Waals surface area contributed by atoms with Crippen LogP contribution in [0.5, 0.6) is 5.75 Å². The summed E-state index contributed by atoms with van der Waals surface area (Å²) >= 11 is 0. The van der Waals surface area contributed by atoms with E-state index in [1.807, 2.05) is 30.3 Å². The average Bonchev–Trinajstić information content (AvgIpc) is 2.46. The van der Waals surface area contributed by atoms with Gasteiger partial charge in [0, 0.05) is 11.6 Å². The Labute approximate surface area is 148 Å². The molecule has 3 nitrogen and oxygen atoms in total. The summed E-state index contributed by atoms with van der Waals surface area (Å²) in [5, 5.41) is 0. The molecule has 0 saturated carbocycles. The minimum absolute atomic E-state index is 0.188. The highest BCUT2D eigenvalue weighted by Gasteiger charge is 2.39. The number of esters is 1. The fourth-order valence-corrected chi connectivity index (χ4v) is 14.7. The minimum atomic E-state index is -1.37. The molecule has 1 aliphatic rings. The molecule has 0 aromatic heterocycles. The molecule has 0 spiro atoms. The number of hydrogen-bond acceptors (Lipinski definition) is 3. The highest BCUT2D eigenvalue weighted by Crippen LogP contribution is 2.31. The first kappa shape index (κ1) is 19.2. The first-order valence-corrected chi connectivity index (χ1v) is 15.7. The summed E-state index contributed by atoms with van der Waals surface area (Å²) in [4.78, 5) is 12.4. The van der Waals surface area contributed by atoms with Crippen LogP contribution in [0.15, 0.2) is 42.0 Å². The Morgan fingerprint density at radius 2 is 1.62 bits per heavy atom. The predicted molar refractivity (Wildman–Crippen MR) is 106 cm³/mol. The Balaban J connectivity index is 2.06. The molecule has 0 radical (unpaired) electrons. The first-order chi connectivity index (χ1) is 11.1. The largest absolute Gasteiger partial charge is 0.423 e. The van der Waals surface area contributed by atoms with E-state index in [1.165, 1.54) is 0 Å². The van der Waals surface area contributed by atoms with Gasteiger partial charge in [0.25, 0.3) is 0 Å². The van der Waals surface area contributed by atoms with E-state index in [1.54, 1.807) is 0 Å². The molecule has 0 fully saturated rings. The Hall–Kier alpha value is -1.18. The summed E-state index contributed by atoms with van der Waals surface area (Å²) in [7, 11) is -2.74. The molecular weight excluding hydrogens is 330 g/mol. The number of nitrogens with zero attached hydrogens (tertiary/aromatic N) is 1. The summed E-state index contributed by atoms with van der Waals surface area (Å²) in [6.07, 6.45) is 4.96. The standard InChI is InChI=1S/C19H31NO2Si2/c1-23(2,3)20(24(4,5)6)17-14-12-16(13-15-17)19(21)22-18-10-8-7-9-11-18/h7-12,17H,13-15H2,1-6H3. The minimum Gasteiger partial charge on any atom is -0.423 e. The van der Waals surface area contributed by atoms with Gasteiger partial charge in [0.2, 0.25) is 0 Å². The lowest BCUT2D eigenvalue weighted by molar-refractivity contribution is -0.130. The van der Waals surface area contributed by atoms with Crippen molar-refractivity contribution in [3.8, 4) is 5.75 Å². The third-order valence-electron chi connectivity index (χ3n) is 4.41. The van der Waals surface area contributed by atoms with Crippen LogP contribution in [0.25, 0.3) is 0 Å². The number of benzene rings is 1. The maximum Gasteiger partial charge on any atom is 0.339 e. The van der Waals surface area contributed by atoms with E-state index in [0.29, 0.717) is 11.8 Å². The summed E-state index contributed by atoms with van der Waals surface area (Å²) in [5.41, 5.74) is 0.834. The summed E-state index contributed by atoms with van der Waals surface area (Å²) in [6.45, 7) is 14.6. The molecule has 0 amide bonds. The number of para-hydroxylation sites is 1. The van der Waals surface area contributed by atoms with E-state index in [9.17, 15) is 4.79 Å². The van der Waals surface area contributed by atoms with Crippen LogP contribution in [0.3, 0.4) is 0 Å². The van der Waals surface area contributed by atoms with Gasteiger partial charge in [-0.25, -0.2) is 4.79 Å². The molecule has 24 heavy (non-hydrogen) atoms. The molecule has 1 atom stereocenters. The van der Waals surface area contributed by atoms with Crippen molar-refractivity contribution >= 4 is 22.4 Å². The second-order valence-electron chi connectivity index (χ2n) is 8.57. The molecule has 1 aromatic carbocycles. The van der Waals surface area contributed by atoms with Crippen molar-refractivity contribution in [3.05, 3.63) is 42.0 Å². The first-order valence-electron chi connectivity index (χ1n) is 8.85. The van der Waals surface area contributed by atoms with E-state index in [2.05, 4.69) is 49.6 Å². The van der Waals surface area contributed by atoms with E-state index in [4.69, 9.17) is 4.74 Å². The van der Waals surface area contributed by atoms with Gasteiger partial charge >= 0.3 is 5.97 Å². The molecule has 0 bridgehead atoms. The molecule has 0 aliphatic heterocycles. The normalized spacial score (nSPS) is 19.1. The van der Waals surface area contributed by atoms with Crippen LogP contribution in [-0.2, 0) is 4.79 Å². The Bertz CT molecular complexity index is 586. The van der Waals surface area contributed by atoms with Crippen molar-refractivity contribution < 1.29 is 9.53 Å². The maximum absolute atomic E-state index is 12.4. The van der Waals surface area contributed by atoms with Crippen molar-refractivity contribution in [2.24, 2.45) is 0 Å². The maximum atomic E-state index is 12.4. The quantitative estimate of drug-likeness (QED) is 0.418. The lowest BCUT2D eigenvalue weighted by Gasteiger charge is -2.49. The number of carbonyl (C=O) groups excluding carboxylic acids is 1. The van der Waals surface area contributed by atoms with Crippen molar-refractivity contribution in [3.63, 3.8) is 0 Å². The summed E-state index contributed by atoms with van der Waals surface area (Å²) < 4.78 is 8.34. The van der Waals surface area contributed by atoms with Gasteiger partial charge in [-0.15, -0.1) is 0 Å². The number of ether oxygens (including phenoxy) is 1.